The summed E-state index contributed by atoms with van der Waals surface area (Å²) in [6.07, 6.45) is 1.82. The highest BCUT2D eigenvalue weighted by Gasteiger charge is 2.27. The van der Waals surface area contributed by atoms with Gasteiger partial charge >= 0.3 is 0 Å². The van der Waals surface area contributed by atoms with Crippen LogP contribution >= 0.6 is 11.3 Å². The second-order valence-electron chi connectivity index (χ2n) is 8.36. The molecule has 0 saturated carbocycles. The molecule has 2 aromatic heterocycles. The zero-order chi connectivity index (χ0) is 23.3. The SMILES string of the molecule is N=c1oc2ccc3ccccc3c2cc1-c1nc(-c2ccc(S(=O)(=O)N3CCCC3)cc2)cs1. The number of thiazole rings is 1. The highest BCUT2D eigenvalue weighted by atomic mass is 32.2. The third-order valence-electron chi connectivity index (χ3n) is 6.26. The Balaban J connectivity index is 1.36. The first-order chi connectivity index (χ1) is 16.5. The lowest BCUT2D eigenvalue weighted by Crippen LogP contribution is -2.27. The molecule has 34 heavy (non-hydrogen) atoms. The quantitative estimate of drug-likeness (QED) is 0.332. The smallest absolute Gasteiger partial charge is 0.243 e. The Morgan fingerprint density at radius 2 is 1.71 bits per heavy atom. The second-order valence-corrected chi connectivity index (χ2v) is 11.2. The molecule has 1 N–H and O–H groups in total. The van der Waals surface area contributed by atoms with Gasteiger partial charge in [-0.3, -0.25) is 5.41 Å². The van der Waals surface area contributed by atoms with Crippen LogP contribution in [0.4, 0.5) is 0 Å². The van der Waals surface area contributed by atoms with Crippen molar-refractivity contribution in [3.05, 3.63) is 77.7 Å². The van der Waals surface area contributed by atoms with E-state index >= 15 is 0 Å². The topological polar surface area (TPSA) is 87.3 Å². The maximum absolute atomic E-state index is 12.8. The van der Waals surface area contributed by atoms with E-state index in [1.54, 1.807) is 28.6 Å². The maximum atomic E-state index is 12.8. The van der Waals surface area contributed by atoms with E-state index in [0.717, 1.165) is 40.3 Å². The molecule has 3 heterocycles. The van der Waals surface area contributed by atoms with Crippen LogP contribution in [-0.2, 0) is 10.0 Å². The van der Waals surface area contributed by atoms with Crippen LogP contribution in [0.2, 0.25) is 0 Å². The normalized spacial score (nSPS) is 14.8. The van der Waals surface area contributed by atoms with Crippen LogP contribution in [0.15, 0.2) is 81.4 Å². The van der Waals surface area contributed by atoms with Gasteiger partial charge in [0.05, 0.1) is 16.2 Å². The summed E-state index contributed by atoms with van der Waals surface area (Å²) in [5.74, 6) is 0. The fraction of sp³-hybridized carbons (Fsp3) is 0.154. The molecule has 0 atom stereocenters. The summed E-state index contributed by atoms with van der Waals surface area (Å²) in [6.45, 7) is 1.17. The number of aromatic nitrogens is 1. The second kappa shape index (κ2) is 8.16. The molecule has 6 nitrogen and oxygen atoms in total. The van der Waals surface area contributed by atoms with Crippen LogP contribution < -0.4 is 5.55 Å². The number of hydrogen-bond acceptors (Lipinski definition) is 6. The molecule has 170 valence electrons. The summed E-state index contributed by atoms with van der Waals surface area (Å²) < 4.78 is 33.0. The average molecular weight is 488 g/mol. The van der Waals surface area contributed by atoms with Gasteiger partial charge in [-0.1, -0.05) is 42.5 Å². The Morgan fingerprint density at radius 1 is 0.941 bits per heavy atom. The third kappa shape index (κ3) is 3.55. The van der Waals surface area contributed by atoms with Gasteiger partial charge in [-0.05, 0) is 47.9 Å². The standard InChI is InChI=1S/C26H21N3O3S2/c27-25-22(15-21-20-6-2-1-5-17(20)9-12-24(21)32-25)26-28-23(16-33-26)18-7-10-19(11-8-18)34(30,31)29-13-3-4-14-29/h1-2,5-12,15-16,27H,3-4,13-14H2. The van der Waals surface area contributed by atoms with Crippen LogP contribution in [0.1, 0.15) is 12.8 Å². The zero-order valence-electron chi connectivity index (χ0n) is 18.2. The zero-order valence-corrected chi connectivity index (χ0v) is 19.8. The molecular formula is C26H21N3O3S2. The molecule has 0 amide bonds. The molecule has 0 bridgehead atoms. The largest absolute Gasteiger partial charge is 0.438 e. The monoisotopic (exact) mass is 487 g/mol. The Kier molecular flexibility index (Phi) is 5.09. The molecule has 5 aromatic rings. The van der Waals surface area contributed by atoms with Crippen LogP contribution in [0.25, 0.3) is 43.6 Å². The van der Waals surface area contributed by atoms with Crippen molar-refractivity contribution in [3.8, 4) is 21.8 Å². The van der Waals surface area contributed by atoms with E-state index in [2.05, 4.69) is 6.07 Å². The van der Waals surface area contributed by atoms with Gasteiger partial charge in [0.15, 0.2) is 0 Å². The maximum Gasteiger partial charge on any atom is 0.243 e. The van der Waals surface area contributed by atoms with Crippen LogP contribution in [0, 0.1) is 5.41 Å². The minimum Gasteiger partial charge on any atom is -0.438 e. The first-order valence-electron chi connectivity index (χ1n) is 11.1. The first kappa shape index (κ1) is 21.2. The molecule has 3 aromatic carbocycles. The van der Waals surface area contributed by atoms with Crippen molar-refractivity contribution in [2.24, 2.45) is 0 Å². The summed E-state index contributed by atoms with van der Waals surface area (Å²) in [7, 11) is -3.44. The van der Waals surface area contributed by atoms with Crippen molar-refractivity contribution in [2.75, 3.05) is 13.1 Å². The van der Waals surface area contributed by atoms with Gasteiger partial charge in [-0.15, -0.1) is 11.3 Å². The molecule has 1 fully saturated rings. The summed E-state index contributed by atoms with van der Waals surface area (Å²) in [6, 6.07) is 20.8. The molecule has 0 spiro atoms. The molecule has 1 saturated heterocycles. The van der Waals surface area contributed by atoms with Crippen molar-refractivity contribution in [3.63, 3.8) is 0 Å². The lowest BCUT2D eigenvalue weighted by atomic mass is 10.0. The number of sulfonamides is 1. The predicted molar refractivity (Wildman–Crippen MR) is 134 cm³/mol. The molecule has 0 unspecified atom stereocenters. The molecule has 8 heteroatoms. The van der Waals surface area contributed by atoms with Crippen molar-refractivity contribution < 1.29 is 12.8 Å². The number of benzene rings is 3. The van der Waals surface area contributed by atoms with Gasteiger partial charge in [-0.25, -0.2) is 13.4 Å². The Bertz CT molecular complexity index is 1700. The van der Waals surface area contributed by atoms with Gasteiger partial charge in [0, 0.05) is 29.4 Å². The summed E-state index contributed by atoms with van der Waals surface area (Å²) in [4.78, 5) is 5.05. The molecule has 6 rings (SSSR count). The molecule has 0 aliphatic carbocycles. The minimum atomic E-state index is -3.44. The van der Waals surface area contributed by atoms with E-state index in [0.29, 0.717) is 34.1 Å². The van der Waals surface area contributed by atoms with E-state index in [9.17, 15) is 8.42 Å². The summed E-state index contributed by atoms with van der Waals surface area (Å²) in [5.41, 5.74) is 2.93. The van der Waals surface area contributed by atoms with Gasteiger partial charge < -0.3 is 4.42 Å². The number of fused-ring (bicyclic) bond motifs is 3. The predicted octanol–water partition coefficient (Wildman–Crippen LogP) is 5.64. The number of nitrogens with one attached hydrogen (secondary N) is 1. The highest BCUT2D eigenvalue weighted by molar-refractivity contribution is 7.89. The van der Waals surface area contributed by atoms with Crippen molar-refractivity contribution >= 4 is 43.1 Å². The molecule has 1 aliphatic heterocycles. The minimum absolute atomic E-state index is 0.0655. The third-order valence-corrected chi connectivity index (χ3v) is 9.05. The van der Waals surface area contributed by atoms with E-state index < -0.39 is 10.0 Å². The van der Waals surface area contributed by atoms with Crippen molar-refractivity contribution in [2.45, 2.75) is 17.7 Å². The highest BCUT2D eigenvalue weighted by Crippen LogP contribution is 2.32. The Hall–Kier alpha value is -3.33. The van der Waals surface area contributed by atoms with E-state index in [4.69, 9.17) is 14.8 Å². The Labute approximate surface area is 200 Å². The van der Waals surface area contributed by atoms with E-state index in [1.807, 2.05) is 41.8 Å². The lowest BCUT2D eigenvalue weighted by Gasteiger charge is -2.15. The van der Waals surface area contributed by atoms with Crippen molar-refractivity contribution in [1.29, 1.82) is 5.41 Å². The van der Waals surface area contributed by atoms with Gasteiger partial charge in [0.25, 0.3) is 0 Å². The van der Waals surface area contributed by atoms with Crippen LogP contribution in [-0.4, -0.2) is 30.8 Å². The number of rotatable bonds is 4. The van der Waals surface area contributed by atoms with Gasteiger partial charge in [0.2, 0.25) is 15.6 Å². The van der Waals surface area contributed by atoms with E-state index in [1.165, 1.54) is 11.3 Å². The Morgan fingerprint density at radius 3 is 2.50 bits per heavy atom. The molecular weight excluding hydrogens is 466 g/mol. The summed E-state index contributed by atoms with van der Waals surface area (Å²) >= 11 is 1.44. The fourth-order valence-electron chi connectivity index (χ4n) is 4.45. The number of hydrogen-bond donors (Lipinski definition) is 1. The van der Waals surface area contributed by atoms with Gasteiger partial charge in [-0.2, -0.15) is 4.31 Å². The summed E-state index contributed by atoms with van der Waals surface area (Å²) in [5, 5.41) is 14.1. The van der Waals surface area contributed by atoms with Crippen molar-refractivity contribution in [1.82, 2.24) is 9.29 Å². The lowest BCUT2D eigenvalue weighted by molar-refractivity contribution is 0.477. The van der Waals surface area contributed by atoms with E-state index in [-0.39, 0.29) is 5.55 Å². The molecule has 0 radical (unpaired) electrons. The fourth-order valence-corrected chi connectivity index (χ4v) is 6.81. The molecule has 1 aliphatic rings. The van der Waals surface area contributed by atoms with Gasteiger partial charge in [0.1, 0.15) is 10.6 Å². The first-order valence-corrected chi connectivity index (χ1v) is 13.4. The van der Waals surface area contributed by atoms with Crippen LogP contribution in [0.5, 0.6) is 0 Å². The number of nitrogens with zero attached hydrogens (tertiary/aromatic N) is 2. The average Bonchev–Trinajstić information content (AvgIpc) is 3.57. The van der Waals surface area contributed by atoms with Crippen LogP contribution in [0.3, 0.4) is 0 Å².